The summed E-state index contributed by atoms with van der Waals surface area (Å²) in [6.07, 6.45) is 1.63. The standard InChI is InChI=1S/C32H28ClFN4O5S2/c1-2-29(32(41)36-21-14-16-24(17-15-21)45(35,42)43)44-23-11-6-10-22(18-23)37-31(40)28(19-25-26(33)12-7-13-27(25)34)38-30(39)20-8-4-3-5-9-20/h3-19,29H,2H2,1H3,(H,36,41)(H,37,40)(H,38,39)(H2,35,42,43)/b28-19+. The molecule has 9 nitrogen and oxygen atoms in total. The summed E-state index contributed by atoms with van der Waals surface area (Å²) in [7, 11) is -3.86. The van der Waals surface area contributed by atoms with Gasteiger partial charge >= 0.3 is 0 Å². The van der Waals surface area contributed by atoms with Gasteiger partial charge in [0.2, 0.25) is 15.9 Å². The summed E-state index contributed by atoms with van der Waals surface area (Å²) >= 11 is 7.44. The van der Waals surface area contributed by atoms with Crippen LogP contribution in [0.15, 0.2) is 113 Å². The van der Waals surface area contributed by atoms with Gasteiger partial charge in [-0.2, -0.15) is 0 Å². The van der Waals surface area contributed by atoms with Crippen molar-refractivity contribution in [3.63, 3.8) is 0 Å². The van der Waals surface area contributed by atoms with Gasteiger partial charge in [-0.1, -0.05) is 48.9 Å². The predicted molar refractivity (Wildman–Crippen MR) is 175 cm³/mol. The Kier molecular flexibility index (Phi) is 11.1. The number of primary sulfonamides is 1. The number of amides is 3. The molecule has 0 radical (unpaired) electrons. The quantitative estimate of drug-likeness (QED) is 0.113. The van der Waals surface area contributed by atoms with E-state index in [1.54, 1.807) is 54.6 Å². The molecule has 4 rings (SSSR count). The van der Waals surface area contributed by atoms with Crippen LogP contribution in [0.2, 0.25) is 5.02 Å². The highest BCUT2D eigenvalue weighted by molar-refractivity contribution is 8.00. The van der Waals surface area contributed by atoms with Gasteiger partial charge in [0.25, 0.3) is 11.8 Å². The molecule has 4 aromatic rings. The highest BCUT2D eigenvalue weighted by atomic mass is 35.5. The third kappa shape index (κ3) is 9.25. The number of sulfonamides is 1. The van der Waals surface area contributed by atoms with Crippen LogP contribution in [0.1, 0.15) is 29.3 Å². The molecule has 13 heteroatoms. The maximum Gasteiger partial charge on any atom is 0.272 e. The Morgan fingerprint density at radius 1 is 0.911 bits per heavy atom. The Labute approximate surface area is 269 Å². The minimum atomic E-state index is -3.86. The Bertz CT molecular complexity index is 1830. The number of nitrogens with two attached hydrogens (primary N) is 1. The van der Waals surface area contributed by atoms with Crippen LogP contribution in [-0.2, 0) is 19.6 Å². The third-order valence-electron chi connectivity index (χ3n) is 6.30. The van der Waals surface area contributed by atoms with Crippen LogP contribution in [0.25, 0.3) is 6.08 Å². The van der Waals surface area contributed by atoms with Gasteiger partial charge in [0.05, 0.1) is 15.2 Å². The van der Waals surface area contributed by atoms with E-state index in [1.165, 1.54) is 60.3 Å². The Balaban J connectivity index is 1.51. The van der Waals surface area contributed by atoms with E-state index < -0.39 is 32.9 Å². The summed E-state index contributed by atoms with van der Waals surface area (Å²) in [5, 5.41) is 12.7. The van der Waals surface area contributed by atoms with Crippen LogP contribution in [0.3, 0.4) is 0 Å². The molecule has 1 unspecified atom stereocenters. The average molecular weight is 667 g/mol. The lowest BCUT2D eigenvalue weighted by Crippen LogP contribution is -2.30. The van der Waals surface area contributed by atoms with Crippen molar-refractivity contribution in [3.8, 4) is 0 Å². The minimum Gasteiger partial charge on any atom is -0.325 e. The molecule has 0 aromatic heterocycles. The van der Waals surface area contributed by atoms with Crippen LogP contribution >= 0.6 is 23.4 Å². The molecule has 232 valence electrons. The van der Waals surface area contributed by atoms with E-state index in [0.717, 1.165) is 0 Å². The summed E-state index contributed by atoms with van der Waals surface area (Å²) in [5.74, 6) is -2.29. The zero-order valence-corrected chi connectivity index (χ0v) is 26.2. The van der Waals surface area contributed by atoms with Crippen molar-refractivity contribution in [2.45, 2.75) is 28.4 Å². The summed E-state index contributed by atoms with van der Waals surface area (Å²) in [6, 6.07) is 24.5. The van der Waals surface area contributed by atoms with Gasteiger partial charge < -0.3 is 16.0 Å². The zero-order valence-electron chi connectivity index (χ0n) is 23.8. The number of carbonyl (C=O) groups excluding carboxylic acids is 3. The lowest BCUT2D eigenvalue weighted by atomic mass is 10.1. The molecule has 45 heavy (non-hydrogen) atoms. The molecule has 0 fully saturated rings. The lowest BCUT2D eigenvalue weighted by molar-refractivity contribution is -0.116. The van der Waals surface area contributed by atoms with Crippen molar-refractivity contribution in [1.82, 2.24) is 5.32 Å². The summed E-state index contributed by atoms with van der Waals surface area (Å²) < 4.78 is 37.6. The van der Waals surface area contributed by atoms with Crippen LogP contribution in [-0.4, -0.2) is 31.4 Å². The number of carbonyl (C=O) groups is 3. The summed E-state index contributed by atoms with van der Waals surface area (Å²) in [4.78, 5) is 39.9. The molecule has 0 saturated heterocycles. The molecule has 1 atom stereocenters. The number of thioether (sulfide) groups is 1. The molecule has 0 aliphatic rings. The molecule has 0 heterocycles. The molecule has 4 aromatic carbocycles. The largest absolute Gasteiger partial charge is 0.325 e. The zero-order chi connectivity index (χ0) is 32.6. The van der Waals surface area contributed by atoms with Gasteiger partial charge in [-0.3, -0.25) is 14.4 Å². The third-order valence-corrected chi connectivity index (χ3v) is 8.92. The first kappa shape index (κ1) is 33.4. The van der Waals surface area contributed by atoms with E-state index >= 15 is 0 Å². The SMILES string of the molecule is CCC(Sc1cccc(NC(=O)/C(=C\c2c(F)cccc2Cl)NC(=O)c2ccccc2)c1)C(=O)Nc1ccc(S(N)(=O)=O)cc1. The van der Waals surface area contributed by atoms with E-state index in [4.69, 9.17) is 16.7 Å². The first-order valence-corrected chi connectivity index (χ1v) is 16.3. The second kappa shape index (κ2) is 15.0. The van der Waals surface area contributed by atoms with E-state index in [0.29, 0.717) is 28.3 Å². The Morgan fingerprint density at radius 3 is 2.24 bits per heavy atom. The van der Waals surface area contributed by atoms with E-state index in [-0.39, 0.29) is 27.1 Å². The van der Waals surface area contributed by atoms with E-state index in [9.17, 15) is 27.2 Å². The van der Waals surface area contributed by atoms with Crippen LogP contribution in [0.5, 0.6) is 0 Å². The van der Waals surface area contributed by atoms with Gasteiger partial charge in [0.15, 0.2) is 0 Å². The molecule has 0 aliphatic carbocycles. The number of hydrogen-bond donors (Lipinski definition) is 4. The van der Waals surface area contributed by atoms with Crippen molar-refractivity contribution in [3.05, 3.63) is 125 Å². The molecule has 0 aliphatic heterocycles. The fourth-order valence-electron chi connectivity index (χ4n) is 4.02. The van der Waals surface area contributed by atoms with Gasteiger partial charge in [-0.15, -0.1) is 11.8 Å². The highest BCUT2D eigenvalue weighted by Gasteiger charge is 2.20. The van der Waals surface area contributed by atoms with Crippen molar-refractivity contribution in [2.24, 2.45) is 5.14 Å². The van der Waals surface area contributed by atoms with Gasteiger partial charge in [0, 0.05) is 27.4 Å². The van der Waals surface area contributed by atoms with Gasteiger partial charge in [-0.05, 0) is 79.2 Å². The minimum absolute atomic E-state index is 0.0527. The van der Waals surface area contributed by atoms with Crippen molar-refractivity contribution < 1.29 is 27.2 Å². The van der Waals surface area contributed by atoms with Crippen molar-refractivity contribution in [1.29, 1.82) is 0 Å². The summed E-state index contributed by atoms with van der Waals surface area (Å²) in [6.45, 7) is 1.84. The predicted octanol–water partition coefficient (Wildman–Crippen LogP) is 6.05. The van der Waals surface area contributed by atoms with E-state index in [2.05, 4.69) is 16.0 Å². The lowest BCUT2D eigenvalue weighted by Gasteiger charge is -2.16. The average Bonchev–Trinajstić information content (AvgIpc) is 3.01. The number of nitrogens with one attached hydrogen (secondary N) is 3. The molecule has 5 N–H and O–H groups in total. The number of rotatable bonds is 11. The van der Waals surface area contributed by atoms with Gasteiger partial charge in [-0.25, -0.2) is 17.9 Å². The second-order valence-electron chi connectivity index (χ2n) is 9.57. The van der Waals surface area contributed by atoms with Crippen LogP contribution in [0.4, 0.5) is 15.8 Å². The normalized spacial score (nSPS) is 12.2. The number of anilines is 2. The fourth-order valence-corrected chi connectivity index (χ4v) is 5.76. The molecule has 0 spiro atoms. The number of halogens is 2. The topological polar surface area (TPSA) is 147 Å². The molecule has 0 saturated carbocycles. The molecular formula is C32H28ClFN4O5S2. The first-order valence-electron chi connectivity index (χ1n) is 13.5. The number of hydrogen-bond acceptors (Lipinski definition) is 6. The molecular weight excluding hydrogens is 639 g/mol. The van der Waals surface area contributed by atoms with Crippen LogP contribution < -0.4 is 21.1 Å². The second-order valence-corrected chi connectivity index (χ2v) is 12.8. The molecule has 3 amide bonds. The number of benzene rings is 4. The smallest absolute Gasteiger partial charge is 0.272 e. The highest BCUT2D eigenvalue weighted by Crippen LogP contribution is 2.29. The maximum absolute atomic E-state index is 14.6. The van der Waals surface area contributed by atoms with Crippen molar-refractivity contribution in [2.75, 3.05) is 10.6 Å². The summed E-state index contributed by atoms with van der Waals surface area (Å²) in [5.41, 5.74) is 0.738. The Morgan fingerprint density at radius 2 is 1.60 bits per heavy atom. The maximum atomic E-state index is 14.6. The van der Waals surface area contributed by atoms with Gasteiger partial charge in [0.1, 0.15) is 11.5 Å². The monoisotopic (exact) mass is 666 g/mol. The first-order chi connectivity index (χ1) is 21.4. The van der Waals surface area contributed by atoms with Crippen LogP contribution in [0, 0.1) is 5.82 Å². The van der Waals surface area contributed by atoms with Crippen molar-refractivity contribution >= 4 is 68.6 Å². The van der Waals surface area contributed by atoms with E-state index in [1.807, 2.05) is 6.92 Å². The Hall–Kier alpha value is -4.49. The molecule has 0 bridgehead atoms. The fraction of sp³-hybridized carbons (Fsp3) is 0.0938.